The lowest BCUT2D eigenvalue weighted by Gasteiger charge is -2.11. The molecule has 0 aromatic carbocycles. The summed E-state index contributed by atoms with van der Waals surface area (Å²) in [6.07, 6.45) is 3.39. The van der Waals surface area contributed by atoms with Crippen LogP contribution in [0.15, 0.2) is 0 Å². The van der Waals surface area contributed by atoms with Gasteiger partial charge >= 0.3 is 6.16 Å². The van der Waals surface area contributed by atoms with E-state index in [2.05, 4.69) is 6.92 Å². The van der Waals surface area contributed by atoms with E-state index in [-0.39, 0.29) is 6.10 Å². The maximum atomic E-state index is 10.9. The van der Waals surface area contributed by atoms with Gasteiger partial charge < -0.3 is 9.47 Å². The van der Waals surface area contributed by atoms with E-state index in [9.17, 15) is 4.79 Å². The second-order valence-corrected chi connectivity index (χ2v) is 3.17. The SMILES string of the molecule is CCCCC(C)OC(=O)OCCC. The molecular formula is C10H20O3. The lowest BCUT2D eigenvalue weighted by molar-refractivity contribution is 0.0262. The predicted molar refractivity (Wildman–Crippen MR) is 51.7 cm³/mol. The zero-order chi connectivity index (χ0) is 10.1. The largest absolute Gasteiger partial charge is 0.508 e. The Hall–Kier alpha value is -0.730. The Labute approximate surface area is 80.4 Å². The van der Waals surface area contributed by atoms with Gasteiger partial charge in [-0.1, -0.05) is 26.7 Å². The molecule has 0 heterocycles. The first kappa shape index (κ1) is 12.3. The van der Waals surface area contributed by atoms with Gasteiger partial charge in [-0.05, 0) is 19.8 Å². The van der Waals surface area contributed by atoms with Crippen LogP contribution >= 0.6 is 0 Å². The van der Waals surface area contributed by atoms with Crippen LogP contribution in [0, 0.1) is 0 Å². The highest BCUT2D eigenvalue weighted by Crippen LogP contribution is 2.05. The predicted octanol–water partition coefficient (Wildman–Crippen LogP) is 3.13. The van der Waals surface area contributed by atoms with Gasteiger partial charge in [0.15, 0.2) is 0 Å². The van der Waals surface area contributed by atoms with Crippen molar-refractivity contribution in [2.45, 2.75) is 52.6 Å². The zero-order valence-electron chi connectivity index (χ0n) is 8.84. The molecule has 0 rings (SSSR count). The Morgan fingerprint density at radius 3 is 2.54 bits per heavy atom. The van der Waals surface area contributed by atoms with Crippen molar-refractivity contribution in [2.24, 2.45) is 0 Å². The second-order valence-electron chi connectivity index (χ2n) is 3.17. The summed E-state index contributed by atoms with van der Waals surface area (Å²) in [6, 6.07) is 0. The van der Waals surface area contributed by atoms with Crippen molar-refractivity contribution in [1.82, 2.24) is 0 Å². The van der Waals surface area contributed by atoms with Crippen LogP contribution in [-0.2, 0) is 9.47 Å². The van der Waals surface area contributed by atoms with Crippen LogP contribution in [0.5, 0.6) is 0 Å². The Kier molecular flexibility index (Phi) is 7.45. The van der Waals surface area contributed by atoms with E-state index in [1.54, 1.807) is 0 Å². The van der Waals surface area contributed by atoms with Crippen molar-refractivity contribution in [3.05, 3.63) is 0 Å². The minimum atomic E-state index is -0.537. The van der Waals surface area contributed by atoms with Crippen LogP contribution in [0.1, 0.15) is 46.5 Å². The summed E-state index contributed by atoms with van der Waals surface area (Å²) >= 11 is 0. The number of hydrogen-bond donors (Lipinski definition) is 0. The third kappa shape index (κ3) is 7.62. The Balaban J connectivity index is 3.41. The summed E-state index contributed by atoms with van der Waals surface area (Å²) in [6.45, 7) is 6.40. The Bertz CT molecular complexity index is 134. The van der Waals surface area contributed by atoms with Crippen molar-refractivity contribution in [2.75, 3.05) is 6.61 Å². The molecular weight excluding hydrogens is 168 g/mol. The number of carbonyl (C=O) groups is 1. The monoisotopic (exact) mass is 188 g/mol. The highest BCUT2D eigenvalue weighted by molar-refractivity contribution is 5.59. The van der Waals surface area contributed by atoms with Gasteiger partial charge in [-0.15, -0.1) is 0 Å². The Morgan fingerprint density at radius 2 is 2.00 bits per heavy atom. The van der Waals surface area contributed by atoms with Crippen LogP contribution in [0.25, 0.3) is 0 Å². The van der Waals surface area contributed by atoms with Gasteiger partial charge in [0.25, 0.3) is 0 Å². The normalized spacial score (nSPS) is 12.2. The number of hydrogen-bond acceptors (Lipinski definition) is 3. The van der Waals surface area contributed by atoms with Crippen molar-refractivity contribution in [1.29, 1.82) is 0 Å². The van der Waals surface area contributed by atoms with Crippen LogP contribution < -0.4 is 0 Å². The summed E-state index contributed by atoms with van der Waals surface area (Å²) in [5, 5.41) is 0. The van der Waals surface area contributed by atoms with Crippen molar-refractivity contribution >= 4 is 6.16 Å². The van der Waals surface area contributed by atoms with Gasteiger partial charge in [0.05, 0.1) is 6.61 Å². The van der Waals surface area contributed by atoms with Gasteiger partial charge in [0.2, 0.25) is 0 Å². The molecule has 0 bridgehead atoms. The number of rotatable bonds is 6. The summed E-state index contributed by atoms with van der Waals surface area (Å²) in [5.74, 6) is 0. The fraction of sp³-hybridized carbons (Fsp3) is 0.900. The van der Waals surface area contributed by atoms with Crippen molar-refractivity contribution < 1.29 is 14.3 Å². The molecule has 0 aliphatic rings. The zero-order valence-corrected chi connectivity index (χ0v) is 8.84. The molecule has 3 nitrogen and oxygen atoms in total. The van der Waals surface area contributed by atoms with Crippen LogP contribution in [0.3, 0.4) is 0 Å². The highest BCUT2D eigenvalue weighted by atomic mass is 16.7. The van der Waals surface area contributed by atoms with Gasteiger partial charge in [-0.2, -0.15) is 0 Å². The lowest BCUT2D eigenvalue weighted by atomic mass is 10.2. The molecule has 0 aromatic rings. The number of carbonyl (C=O) groups excluding carboxylic acids is 1. The van der Waals surface area contributed by atoms with E-state index in [0.29, 0.717) is 6.61 Å². The van der Waals surface area contributed by atoms with Gasteiger partial charge in [0, 0.05) is 0 Å². The molecule has 0 radical (unpaired) electrons. The van der Waals surface area contributed by atoms with E-state index in [1.807, 2.05) is 13.8 Å². The summed E-state index contributed by atoms with van der Waals surface area (Å²) < 4.78 is 9.77. The number of ether oxygens (including phenoxy) is 2. The molecule has 0 aromatic heterocycles. The fourth-order valence-electron chi connectivity index (χ4n) is 0.934. The molecule has 0 aliphatic heterocycles. The highest BCUT2D eigenvalue weighted by Gasteiger charge is 2.08. The third-order valence-corrected chi connectivity index (χ3v) is 1.69. The first-order valence-electron chi connectivity index (χ1n) is 5.04. The molecule has 0 amide bonds. The van der Waals surface area contributed by atoms with Crippen LogP contribution in [0.2, 0.25) is 0 Å². The first-order chi connectivity index (χ1) is 6.20. The maximum absolute atomic E-state index is 10.9. The molecule has 13 heavy (non-hydrogen) atoms. The van der Waals surface area contributed by atoms with E-state index in [1.165, 1.54) is 0 Å². The summed E-state index contributed by atoms with van der Waals surface area (Å²) in [4.78, 5) is 10.9. The molecule has 0 aliphatic carbocycles. The topological polar surface area (TPSA) is 35.5 Å². The summed E-state index contributed by atoms with van der Waals surface area (Å²) in [5.41, 5.74) is 0. The first-order valence-corrected chi connectivity index (χ1v) is 5.04. The second kappa shape index (κ2) is 7.90. The molecule has 0 saturated carbocycles. The smallest absolute Gasteiger partial charge is 0.434 e. The van der Waals surface area contributed by atoms with Gasteiger partial charge in [-0.3, -0.25) is 0 Å². The van der Waals surface area contributed by atoms with E-state index in [0.717, 1.165) is 25.7 Å². The van der Waals surface area contributed by atoms with E-state index >= 15 is 0 Å². The lowest BCUT2D eigenvalue weighted by Crippen LogP contribution is -2.16. The molecule has 1 unspecified atom stereocenters. The van der Waals surface area contributed by atoms with Gasteiger partial charge in [0.1, 0.15) is 6.10 Å². The molecule has 0 spiro atoms. The van der Waals surface area contributed by atoms with Crippen molar-refractivity contribution in [3.8, 4) is 0 Å². The average Bonchev–Trinajstić information content (AvgIpc) is 2.11. The van der Waals surface area contributed by atoms with Gasteiger partial charge in [-0.25, -0.2) is 4.79 Å². The third-order valence-electron chi connectivity index (χ3n) is 1.69. The van der Waals surface area contributed by atoms with E-state index in [4.69, 9.17) is 9.47 Å². The van der Waals surface area contributed by atoms with Crippen molar-refractivity contribution in [3.63, 3.8) is 0 Å². The molecule has 0 N–H and O–H groups in total. The minimum Gasteiger partial charge on any atom is -0.434 e. The quantitative estimate of drug-likeness (QED) is 0.601. The summed E-state index contributed by atoms with van der Waals surface area (Å²) in [7, 11) is 0. The van der Waals surface area contributed by atoms with Crippen LogP contribution in [-0.4, -0.2) is 18.9 Å². The molecule has 78 valence electrons. The molecule has 0 saturated heterocycles. The standard InChI is InChI=1S/C10H20O3/c1-4-6-7-9(3)13-10(11)12-8-5-2/h9H,4-8H2,1-3H3. The minimum absolute atomic E-state index is 0.0238. The fourth-order valence-corrected chi connectivity index (χ4v) is 0.934. The maximum Gasteiger partial charge on any atom is 0.508 e. The van der Waals surface area contributed by atoms with E-state index < -0.39 is 6.16 Å². The molecule has 3 heteroatoms. The average molecular weight is 188 g/mol. The number of unbranched alkanes of at least 4 members (excludes halogenated alkanes) is 1. The molecule has 0 fully saturated rings. The molecule has 1 atom stereocenters. The Morgan fingerprint density at radius 1 is 1.31 bits per heavy atom. The van der Waals surface area contributed by atoms with Crippen LogP contribution in [0.4, 0.5) is 4.79 Å².